The van der Waals surface area contributed by atoms with Gasteiger partial charge in [0.2, 0.25) is 5.91 Å². The number of carbonyl (C=O) groups excluding carboxylic acids is 1. The normalized spacial score (nSPS) is 21.8. The molecule has 2 heterocycles. The van der Waals surface area contributed by atoms with Crippen molar-refractivity contribution in [2.24, 2.45) is 0 Å². The average molecular weight is 287 g/mol. The first-order valence-corrected chi connectivity index (χ1v) is 7.36. The van der Waals surface area contributed by atoms with E-state index in [1.54, 1.807) is 7.11 Å². The van der Waals surface area contributed by atoms with Crippen molar-refractivity contribution >= 4 is 16.8 Å². The van der Waals surface area contributed by atoms with Crippen molar-refractivity contribution in [1.82, 2.24) is 15.6 Å². The summed E-state index contributed by atoms with van der Waals surface area (Å²) in [5, 5.41) is 7.48. The van der Waals surface area contributed by atoms with Gasteiger partial charge in [-0.3, -0.25) is 4.79 Å². The van der Waals surface area contributed by atoms with Crippen molar-refractivity contribution < 1.29 is 9.53 Å². The Bertz CT molecular complexity index is 623. The molecule has 5 nitrogen and oxygen atoms in total. The van der Waals surface area contributed by atoms with Gasteiger partial charge in [-0.2, -0.15) is 0 Å². The lowest BCUT2D eigenvalue weighted by atomic mass is 10.1. The van der Waals surface area contributed by atoms with Gasteiger partial charge < -0.3 is 20.4 Å². The molecule has 0 saturated carbocycles. The average Bonchev–Trinajstić information content (AvgIpc) is 3.11. The summed E-state index contributed by atoms with van der Waals surface area (Å²) in [4.78, 5) is 15.3. The molecule has 1 aliphatic rings. The van der Waals surface area contributed by atoms with Crippen LogP contribution in [0, 0.1) is 0 Å². The number of fused-ring (bicyclic) bond motifs is 1. The number of aryl methyl sites for hydroxylation is 1. The van der Waals surface area contributed by atoms with Gasteiger partial charge in [0, 0.05) is 43.7 Å². The second-order valence-corrected chi connectivity index (χ2v) is 5.47. The molecule has 1 aromatic heterocycles. The van der Waals surface area contributed by atoms with Crippen LogP contribution in [0.1, 0.15) is 12.0 Å². The maximum atomic E-state index is 12.1. The lowest BCUT2D eigenvalue weighted by Gasteiger charge is -2.18. The van der Waals surface area contributed by atoms with Crippen molar-refractivity contribution in [3.05, 3.63) is 36.0 Å². The van der Waals surface area contributed by atoms with E-state index in [4.69, 9.17) is 4.74 Å². The zero-order chi connectivity index (χ0) is 14.7. The highest BCUT2D eigenvalue weighted by atomic mass is 16.5. The van der Waals surface area contributed by atoms with Crippen molar-refractivity contribution in [3.63, 3.8) is 0 Å². The van der Waals surface area contributed by atoms with Crippen LogP contribution in [0.2, 0.25) is 0 Å². The molecule has 3 N–H and O–H groups in total. The summed E-state index contributed by atoms with van der Waals surface area (Å²) in [5.74, 6) is 0.0797. The van der Waals surface area contributed by atoms with Crippen LogP contribution in [-0.4, -0.2) is 43.2 Å². The van der Waals surface area contributed by atoms with Gasteiger partial charge in [0.1, 0.15) is 0 Å². The van der Waals surface area contributed by atoms with Crippen LogP contribution in [0.4, 0.5) is 0 Å². The molecule has 1 saturated heterocycles. The van der Waals surface area contributed by atoms with E-state index < -0.39 is 0 Å². The Labute approximate surface area is 124 Å². The number of aromatic nitrogens is 1. The monoisotopic (exact) mass is 287 g/mol. The Kier molecular flexibility index (Phi) is 4.22. The smallest absolute Gasteiger partial charge is 0.220 e. The number of ether oxygens (including phenoxy) is 1. The third-order valence-corrected chi connectivity index (χ3v) is 4.10. The van der Waals surface area contributed by atoms with Gasteiger partial charge in [0.25, 0.3) is 0 Å². The molecule has 21 heavy (non-hydrogen) atoms. The second kappa shape index (κ2) is 6.28. The molecule has 2 aromatic rings. The summed E-state index contributed by atoms with van der Waals surface area (Å²) in [6.45, 7) is 1.57. The molecular weight excluding hydrogens is 266 g/mol. The molecule has 0 bridgehead atoms. The summed E-state index contributed by atoms with van der Waals surface area (Å²) in [6.07, 6.45) is 3.30. The van der Waals surface area contributed by atoms with Gasteiger partial charge in [0.15, 0.2) is 0 Å². The number of amides is 1. The van der Waals surface area contributed by atoms with E-state index >= 15 is 0 Å². The SMILES string of the molecule is CO[C@H]1CNCC1NC(=O)CCc1c[nH]c2ccccc12. The van der Waals surface area contributed by atoms with Crippen LogP contribution >= 0.6 is 0 Å². The maximum Gasteiger partial charge on any atom is 0.220 e. The van der Waals surface area contributed by atoms with Gasteiger partial charge in [-0.15, -0.1) is 0 Å². The molecule has 0 aliphatic carbocycles. The Balaban J connectivity index is 1.56. The van der Waals surface area contributed by atoms with E-state index in [1.165, 1.54) is 10.9 Å². The Morgan fingerprint density at radius 2 is 2.24 bits per heavy atom. The fourth-order valence-corrected chi connectivity index (χ4v) is 2.91. The predicted molar refractivity (Wildman–Crippen MR) is 82.2 cm³/mol. The predicted octanol–water partition coefficient (Wildman–Crippen LogP) is 1.20. The minimum absolute atomic E-state index is 0.0713. The lowest BCUT2D eigenvalue weighted by Crippen LogP contribution is -2.43. The van der Waals surface area contributed by atoms with E-state index in [0.29, 0.717) is 6.42 Å². The fraction of sp³-hybridized carbons (Fsp3) is 0.438. The number of aromatic amines is 1. The van der Waals surface area contributed by atoms with E-state index in [-0.39, 0.29) is 18.1 Å². The van der Waals surface area contributed by atoms with Crippen LogP contribution < -0.4 is 10.6 Å². The van der Waals surface area contributed by atoms with Crippen LogP contribution in [0.25, 0.3) is 10.9 Å². The van der Waals surface area contributed by atoms with E-state index in [9.17, 15) is 4.79 Å². The highest BCUT2D eigenvalue weighted by Gasteiger charge is 2.27. The first-order chi connectivity index (χ1) is 10.3. The third kappa shape index (κ3) is 3.09. The Hall–Kier alpha value is -1.85. The number of H-pyrrole nitrogens is 1. The number of nitrogens with one attached hydrogen (secondary N) is 3. The van der Waals surface area contributed by atoms with Gasteiger partial charge in [-0.25, -0.2) is 0 Å². The summed E-state index contributed by atoms with van der Waals surface area (Å²) in [6, 6.07) is 8.23. The van der Waals surface area contributed by atoms with Crippen LogP contribution in [0.15, 0.2) is 30.5 Å². The summed E-state index contributed by atoms with van der Waals surface area (Å²) in [7, 11) is 1.68. The Morgan fingerprint density at radius 1 is 1.38 bits per heavy atom. The van der Waals surface area contributed by atoms with Crippen LogP contribution in [0.3, 0.4) is 0 Å². The Morgan fingerprint density at radius 3 is 3.10 bits per heavy atom. The van der Waals surface area contributed by atoms with E-state index in [0.717, 1.165) is 25.0 Å². The zero-order valence-electron chi connectivity index (χ0n) is 12.2. The molecule has 112 valence electrons. The van der Waals surface area contributed by atoms with Gasteiger partial charge in [-0.05, 0) is 18.1 Å². The molecule has 1 aromatic carbocycles. The number of para-hydroxylation sites is 1. The van der Waals surface area contributed by atoms with Crippen LogP contribution in [0.5, 0.6) is 0 Å². The number of rotatable bonds is 5. The second-order valence-electron chi connectivity index (χ2n) is 5.47. The molecule has 2 atom stereocenters. The number of carbonyl (C=O) groups is 1. The highest BCUT2D eigenvalue weighted by molar-refractivity contribution is 5.84. The molecule has 1 fully saturated rings. The van der Waals surface area contributed by atoms with Crippen molar-refractivity contribution in [2.75, 3.05) is 20.2 Å². The summed E-state index contributed by atoms with van der Waals surface area (Å²) >= 11 is 0. The number of hydrogen-bond acceptors (Lipinski definition) is 3. The topological polar surface area (TPSA) is 66.2 Å². The summed E-state index contributed by atoms with van der Waals surface area (Å²) < 4.78 is 5.35. The van der Waals surface area contributed by atoms with Gasteiger partial charge in [-0.1, -0.05) is 18.2 Å². The number of hydrogen-bond donors (Lipinski definition) is 3. The molecule has 0 spiro atoms. The lowest BCUT2D eigenvalue weighted by molar-refractivity contribution is -0.122. The van der Waals surface area contributed by atoms with Crippen molar-refractivity contribution in [1.29, 1.82) is 0 Å². The number of benzene rings is 1. The largest absolute Gasteiger partial charge is 0.378 e. The first kappa shape index (κ1) is 14.1. The van der Waals surface area contributed by atoms with Crippen molar-refractivity contribution in [3.8, 4) is 0 Å². The van der Waals surface area contributed by atoms with Crippen molar-refractivity contribution in [2.45, 2.75) is 25.0 Å². The molecule has 1 unspecified atom stereocenters. The third-order valence-electron chi connectivity index (χ3n) is 4.10. The van der Waals surface area contributed by atoms with Crippen LogP contribution in [-0.2, 0) is 16.0 Å². The van der Waals surface area contributed by atoms with E-state index in [1.807, 2.05) is 24.4 Å². The van der Waals surface area contributed by atoms with Gasteiger partial charge in [0.05, 0.1) is 12.1 Å². The maximum absolute atomic E-state index is 12.1. The molecule has 5 heteroatoms. The molecule has 0 radical (unpaired) electrons. The fourth-order valence-electron chi connectivity index (χ4n) is 2.91. The molecular formula is C16H21N3O2. The number of methoxy groups -OCH3 is 1. The first-order valence-electron chi connectivity index (χ1n) is 7.36. The molecule has 3 rings (SSSR count). The molecule has 1 aliphatic heterocycles. The molecule has 1 amide bonds. The van der Waals surface area contributed by atoms with Gasteiger partial charge >= 0.3 is 0 Å². The zero-order valence-corrected chi connectivity index (χ0v) is 12.2. The highest BCUT2D eigenvalue weighted by Crippen LogP contribution is 2.19. The van der Waals surface area contributed by atoms with E-state index in [2.05, 4.69) is 21.7 Å². The quantitative estimate of drug-likeness (QED) is 0.774. The minimum atomic E-state index is 0.0713. The standard InChI is InChI=1S/C16H21N3O2/c1-21-15-10-17-9-14(15)19-16(20)7-6-11-8-18-13-5-3-2-4-12(11)13/h2-5,8,14-15,17-18H,6-7,9-10H2,1H3,(H,19,20)/t14?,15-/m0/s1. The summed E-state index contributed by atoms with van der Waals surface area (Å²) in [5.41, 5.74) is 2.31. The minimum Gasteiger partial charge on any atom is -0.378 e.